The Labute approximate surface area is 102 Å². The van der Waals surface area contributed by atoms with Crippen LogP contribution in [0.25, 0.3) is 11.1 Å². The van der Waals surface area contributed by atoms with Crippen LogP contribution in [0.1, 0.15) is 30.4 Å². The molecule has 0 bridgehead atoms. The largest absolute Gasteiger partial charge is 0.327 e. The lowest BCUT2D eigenvalue weighted by Crippen LogP contribution is -2.27. The van der Waals surface area contributed by atoms with Gasteiger partial charge in [-0.05, 0) is 28.7 Å². The fourth-order valence-electron chi connectivity index (χ4n) is 2.89. The Morgan fingerprint density at radius 3 is 1.88 bits per heavy atom. The van der Waals surface area contributed by atoms with Gasteiger partial charge in [-0.25, -0.2) is 0 Å². The highest BCUT2D eigenvalue weighted by atomic mass is 14.7. The van der Waals surface area contributed by atoms with Crippen molar-refractivity contribution in [2.75, 3.05) is 0 Å². The molecule has 0 saturated carbocycles. The molecule has 0 spiro atoms. The molecule has 0 aromatic heterocycles. The summed E-state index contributed by atoms with van der Waals surface area (Å²) in [5.74, 6) is 0.368. The molecule has 3 rings (SSSR count). The van der Waals surface area contributed by atoms with E-state index in [1.54, 1.807) is 0 Å². The number of fused-ring (bicyclic) bond motifs is 3. The van der Waals surface area contributed by atoms with Crippen molar-refractivity contribution in [2.45, 2.75) is 25.3 Å². The minimum atomic E-state index is 0.208. The molecule has 0 aliphatic heterocycles. The van der Waals surface area contributed by atoms with E-state index in [-0.39, 0.29) is 6.04 Å². The van der Waals surface area contributed by atoms with Crippen molar-refractivity contribution in [3.8, 4) is 11.1 Å². The maximum Gasteiger partial charge on any atom is 0.0253 e. The fourth-order valence-corrected chi connectivity index (χ4v) is 2.89. The third-order valence-corrected chi connectivity index (χ3v) is 3.78. The van der Waals surface area contributed by atoms with E-state index in [1.807, 2.05) is 0 Å². The van der Waals surface area contributed by atoms with Gasteiger partial charge in [0.2, 0.25) is 0 Å². The standard InChI is InChI=1S/C16H17N/c1-2-15(17)16-13-9-5-3-7-11(13)12-8-4-6-10-14(12)16/h3-10,15-16H,2,17H2,1H3. The average molecular weight is 223 g/mol. The first-order valence-electron chi connectivity index (χ1n) is 6.26. The maximum atomic E-state index is 6.31. The number of rotatable bonds is 2. The summed E-state index contributed by atoms with van der Waals surface area (Å²) in [4.78, 5) is 0. The van der Waals surface area contributed by atoms with E-state index in [9.17, 15) is 0 Å². The lowest BCUT2D eigenvalue weighted by Gasteiger charge is -2.20. The Morgan fingerprint density at radius 1 is 0.941 bits per heavy atom. The minimum absolute atomic E-state index is 0.208. The molecular formula is C16H17N. The lowest BCUT2D eigenvalue weighted by molar-refractivity contribution is 0.585. The van der Waals surface area contributed by atoms with Gasteiger partial charge in [-0.15, -0.1) is 0 Å². The molecule has 1 nitrogen and oxygen atoms in total. The average Bonchev–Trinajstić information content (AvgIpc) is 2.72. The Bertz CT molecular complexity index is 499. The highest BCUT2D eigenvalue weighted by Crippen LogP contribution is 2.45. The number of nitrogens with two attached hydrogens (primary N) is 1. The number of benzene rings is 2. The van der Waals surface area contributed by atoms with Crippen LogP contribution in [-0.2, 0) is 0 Å². The first-order valence-corrected chi connectivity index (χ1v) is 6.26. The molecule has 1 heteroatoms. The van der Waals surface area contributed by atoms with Crippen molar-refractivity contribution >= 4 is 0 Å². The van der Waals surface area contributed by atoms with Crippen molar-refractivity contribution in [1.29, 1.82) is 0 Å². The molecule has 17 heavy (non-hydrogen) atoms. The van der Waals surface area contributed by atoms with Crippen LogP contribution in [0.2, 0.25) is 0 Å². The van der Waals surface area contributed by atoms with Gasteiger partial charge in [-0.3, -0.25) is 0 Å². The fraction of sp³-hybridized carbons (Fsp3) is 0.250. The normalized spacial score (nSPS) is 15.4. The van der Waals surface area contributed by atoms with Crippen molar-refractivity contribution in [3.05, 3.63) is 59.7 Å². The van der Waals surface area contributed by atoms with Gasteiger partial charge in [0.15, 0.2) is 0 Å². The molecule has 2 aromatic rings. The first-order chi connectivity index (χ1) is 8.33. The van der Waals surface area contributed by atoms with Gasteiger partial charge in [0.25, 0.3) is 0 Å². The SMILES string of the molecule is CCC(N)C1c2ccccc2-c2ccccc21. The summed E-state index contributed by atoms with van der Waals surface area (Å²) in [6.07, 6.45) is 1.01. The zero-order chi connectivity index (χ0) is 11.8. The molecule has 0 amide bonds. The molecule has 0 radical (unpaired) electrons. The number of hydrogen-bond donors (Lipinski definition) is 1. The molecule has 1 aliphatic rings. The second-order valence-corrected chi connectivity index (χ2v) is 4.72. The Balaban J connectivity index is 2.23. The van der Waals surface area contributed by atoms with Crippen LogP contribution in [0, 0.1) is 0 Å². The Hall–Kier alpha value is -1.60. The minimum Gasteiger partial charge on any atom is -0.327 e. The molecule has 0 fully saturated rings. The van der Waals surface area contributed by atoms with Crippen molar-refractivity contribution < 1.29 is 0 Å². The molecule has 0 heterocycles. The second-order valence-electron chi connectivity index (χ2n) is 4.72. The van der Waals surface area contributed by atoms with Gasteiger partial charge in [0.1, 0.15) is 0 Å². The smallest absolute Gasteiger partial charge is 0.0253 e. The molecule has 86 valence electrons. The van der Waals surface area contributed by atoms with E-state index < -0.39 is 0 Å². The van der Waals surface area contributed by atoms with Crippen molar-refractivity contribution in [3.63, 3.8) is 0 Å². The van der Waals surface area contributed by atoms with Crippen LogP contribution < -0.4 is 5.73 Å². The van der Waals surface area contributed by atoms with E-state index in [4.69, 9.17) is 5.73 Å². The van der Waals surface area contributed by atoms with Crippen molar-refractivity contribution in [1.82, 2.24) is 0 Å². The van der Waals surface area contributed by atoms with Crippen LogP contribution in [0.3, 0.4) is 0 Å². The van der Waals surface area contributed by atoms with Crippen LogP contribution in [0.4, 0.5) is 0 Å². The van der Waals surface area contributed by atoms with E-state index in [1.165, 1.54) is 22.3 Å². The van der Waals surface area contributed by atoms with Crippen LogP contribution in [-0.4, -0.2) is 6.04 Å². The van der Waals surface area contributed by atoms with Gasteiger partial charge in [0.05, 0.1) is 0 Å². The summed E-state index contributed by atoms with van der Waals surface area (Å²) in [7, 11) is 0. The summed E-state index contributed by atoms with van der Waals surface area (Å²) in [5.41, 5.74) is 11.8. The second kappa shape index (κ2) is 4.01. The molecule has 1 aliphatic carbocycles. The van der Waals surface area contributed by atoms with Gasteiger partial charge < -0.3 is 5.73 Å². The van der Waals surface area contributed by atoms with Gasteiger partial charge in [0, 0.05) is 12.0 Å². The molecular weight excluding hydrogens is 206 g/mol. The van der Waals surface area contributed by atoms with Crippen molar-refractivity contribution in [2.24, 2.45) is 5.73 Å². The highest BCUT2D eigenvalue weighted by molar-refractivity contribution is 5.79. The van der Waals surface area contributed by atoms with E-state index in [0.717, 1.165) is 6.42 Å². The molecule has 2 aromatic carbocycles. The summed E-state index contributed by atoms with van der Waals surface area (Å²) in [6, 6.07) is 17.5. The highest BCUT2D eigenvalue weighted by Gasteiger charge is 2.31. The Kier molecular flexibility index (Phi) is 2.49. The zero-order valence-corrected chi connectivity index (χ0v) is 10.1. The van der Waals surface area contributed by atoms with E-state index >= 15 is 0 Å². The third-order valence-electron chi connectivity index (χ3n) is 3.78. The molecule has 1 unspecified atom stereocenters. The zero-order valence-electron chi connectivity index (χ0n) is 10.1. The molecule has 0 saturated heterocycles. The Morgan fingerprint density at radius 2 is 1.41 bits per heavy atom. The maximum absolute atomic E-state index is 6.31. The van der Waals surface area contributed by atoms with E-state index in [0.29, 0.717) is 5.92 Å². The van der Waals surface area contributed by atoms with E-state index in [2.05, 4.69) is 55.5 Å². The topological polar surface area (TPSA) is 26.0 Å². The van der Waals surface area contributed by atoms with Gasteiger partial charge >= 0.3 is 0 Å². The van der Waals surface area contributed by atoms with Crippen LogP contribution >= 0.6 is 0 Å². The summed E-state index contributed by atoms with van der Waals surface area (Å²) in [6.45, 7) is 2.16. The predicted molar refractivity (Wildman–Crippen MR) is 72.0 cm³/mol. The first kappa shape index (κ1) is 10.5. The monoisotopic (exact) mass is 223 g/mol. The predicted octanol–water partition coefficient (Wildman–Crippen LogP) is 3.54. The summed E-state index contributed by atoms with van der Waals surface area (Å²) >= 11 is 0. The third kappa shape index (κ3) is 1.50. The van der Waals surface area contributed by atoms with Crippen LogP contribution in [0.5, 0.6) is 0 Å². The summed E-state index contributed by atoms with van der Waals surface area (Å²) in [5, 5.41) is 0. The quantitative estimate of drug-likeness (QED) is 0.828. The lowest BCUT2D eigenvalue weighted by atomic mass is 9.88. The molecule has 1 atom stereocenters. The molecule has 2 N–H and O–H groups in total. The summed E-state index contributed by atoms with van der Waals surface area (Å²) < 4.78 is 0. The van der Waals surface area contributed by atoms with Gasteiger partial charge in [-0.1, -0.05) is 55.5 Å². The number of hydrogen-bond acceptors (Lipinski definition) is 1. The van der Waals surface area contributed by atoms with Gasteiger partial charge in [-0.2, -0.15) is 0 Å². The van der Waals surface area contributed by atoms with Crippen LogP contribution in [0.15, 0.2) is 48.5 Å².